The molecule has 1 heterocycles. The molecule has 0 radical (unpaired) electrons. The minimum Gasteiger partial charge on any atom is -0.507 e. The number of Topliss-reactive ketones (excluding diaryl/α,β-unsaturated/α-hetero) is 1. The molecular weight excluding hydrogens is 433 g/mol. The van der Waals surface area contributed by atoms with Crippen LogP contribution < -0.4 is 9.64 Å². The van der Waals surface area contributed by atoms with Gasteiger partial charge < -0.3 is 9.84 Å². The summed E-state index contributed by atoms with van der Waals surface area (Å²) in [5, 5.41) is 11.5. The number of benzene rings is 3. The molecule has 1 N–H and O–H groups in total. The van der Waals surface area contributed by atoms with Gasteiger partial charge in [0.25, 0.3) is 11.7 Å². The first-order valence-corrected chi connectivity index (χ1v) is 10.2. The van der Waals surface area contributed by atoms with E-state index < -0.39 is 29.3 Å². The second-order valence-corrected chi connectivity index (χ2v) is 7.79. The third-order valence-corrected chi connectivity index (χ3v) is 5.57. The summed E-state index contributed by atoms with van der Waals surface area (Å²) in [6.07, 6.45) is 0. The van der Waals surface area contributed by atoms with Gasteiger partial charge in [0, 0.05) is 5.69 Å². The molecule has 0 aliphatic carbocycles. The second kappa shape index (κ2) is 8.48. The molecule has 1 aliphatic heterocycles. The SMILES string of the molecule is COc1c(Cl)cc(C)cc1/C(O)=C1\C(=O)C(=O)N(c2cccc(F)c2)C1c1ccccc1. The van der Waals surface area contributed by atoms with Gasteiger partial charge >= 0.3 is 0 Å². The lowest BCUT2D eigenvalue weighted by Crippen LogP contribution is -2.29. The molecular formula is C25H19ClFNO4. The summed E-state index contributed by atoms with van der Waals surface area (Å²) in [5.41, 5.74) is 1.57. The number of aliphatic hydroxyl groups is 1. The van der Waals surface area contributed by atoms with E-state index in [0.29, 0.717) is 5.56 Å². The molecule has 5 nitrogen and oxygen atoms in total. The quantitative estimate of drug-likeness (QED) is 0.326. The first-order valence-electron chi connectivity index (χ1n) is 9.79. The van der Waals surface area contributed by atoms with Crippen LogP contribution in [0, 0.1) is 12.7 Å². The van der Waals surface area contributed by atoms with Crippen molar-refractivity contribution in [3.05, 3.63) is 99.8 Å². The number of halogens is 2. The zero-order valence-corrected chi connectivity index (χ0v) is 18.1. The van der Waals surface area contributed by atoms with Gasteiger partial charge in [-0.05, 0) is 48.4 Å². The van der Waals surface area contributed by atoms with Gasteiger partial charge in [-0.1, -0.05) is 48.0 Å². The molecule has 1 aliphatic rings. The Balaban J connectivity index is 2.01. The van der Waals surface area contributed by atoms with E-state index in [2.05, 4.69) is 0 Å². The third kappa shape index (κ3) is 3.63. The van der Waals surface area contributed by atoms with Gasteiger partial charge in [0.05, 0.1) is 29.3 Å². The van der Waals surface area contributed by atoms with Crippen molar-refractivity contribution in [2.45, 2.75) is 13.0 Å². The van der Waals surface area contributed by atoms with E-state index in [9.17, 15) is 19.1 Å². The van der Waals surface area contributed by atoms with Gasteiger partial charge in [0.2, 0.25) is 0 Å². The number of carbonyl (C=O) groups excluding carboxylic acids is 2. The van der Waals surface area contributed by atoms with Crippen molar-refractivity contribution < 1.29 is 23.8 Å². The summed E-state index contributed by atoms with van der Waals surface area (Å²) in [6, 6.07) is 16.5. The fourth-order valence-corrected chi connectivity index (χ4v) is 4.28. The maximum absolute atomic E-state index is 14.0. The molecule has 32 heavy (non-hydrogen) atoms. The number of aliphatic hydroxyl groups excluding tert-OH is 1. The van der Waals surface area contributed by atoms with Crippen LogP contribution in [0.25, 0.3) is 5.76 Å². The van der Waals surface area contributed by atoms with E-state index in [0.717, 1.165) is 5.56 Å². The summed E-state index contributed by atoms with van der Waals surface area (Å²) in [4.78, 5) is 27.4. The number of methoxy groups -OCH3 is 1. The molecule has 162 valence electrons. The van der Waals surface area contributed by atoms with E-state index in [1.54, 1.807) is 49.4 Å². The highest BCUT2D eigenvalue weighted by molar-refractivity contribution is 6.51. The molecule has 0 aromatic heterocycles. The van der Waals surface area contributed by atoms with Crippen molar-refractivity contribution in [3.8, 4) is 5.75 Å². The van der Waals surface area contributed by atoms with Gasteiger partial charge in [0.1, 0.15) is 17.3 Å². The van der Waals surface area contributed by atoms with E-state index in [-0.39, 0.29) is 27.6 Å². The van der Waals surface area contributed by atoms with Crippen molar-refractivity contribution in [1.82, 2.24) is 0 Å². The zero-order valence-electron chi connectivity index (χ0n) is 17.3. The first kappa shape index (κ1) is 21.6. The van der Waals surface area contributed by atoms with Gasteiger partial charge in [-0.25, -0.2) is 4.39 Å². The maximum atomic E-state index is 14.0. The maximum Gasteiger partial charge on any atom is 0.300 e. The van der Waals surface area contributed by atoms with E-state index >= 15 is 0 Å². The number of ketones is 1. The fourth-order valence-electron chi connectivity index (χ4n) is 3.93. The number of aryl methyl sites for hydroxylation is 1. The predicted molar refractivity (Wildman–Crippen MR) is 120 cm³/mol. The Morgan fingerprint density at radius 1 is 1.06 bits per heavy atom. The Hall–Kier alpha value is -3.64. The Labute approximate surface area is 189 Å². The molecule has 1 saturated heterocycles. The van der Waals surface area contributed by atoms with E-state index in [1.807, 2.05) is 0 Å². The number of anilines is 1. The molecule has 0 spiro atoms. The van der Waals surface area contributed by atoms with Crippen LogP contribution in [0.4, 0.5) is 10.1 Å². The molecule has 1 unspecified atom stereocenters. The number of amides is 1. The van der Waals surface area contributed by atoms with Crippen LogP contribution in [-0.2, 0) is 9.59 Å². The van der Waals surface area contributed by atoms with Crippen LogP contribution in [0.2, 0.25) is 5.02 Å². The zero-order chi connectivity index (χ0) is 23.0. The smallest absolute Gasteiger partial charge is 0.300 e. The summed E-state index contributed by atoms with van der Waals surface area (Å²) < 4.78 is 19.3. The molecule has 0 bridgehead atoms. The van der Waals surface area contributed by atoms with E-state index in [4.69, 9.17) is 16.3 Å². The van der Waals surface area contributed by atoms with Crippen LogP contribution in [0.3, 0.4) is 0 Å². The van der Waals surface area contributed by atoms with Gasteiger partial charge in [0.15, 0.2) is 0 Å². The molecule has 3 aromatic rings. The van der Waals surface area contributed by atoms with Gasteiger partial charge in [-0.3, -0.25) is 14.5 Å². The summed E-state index contributed by atoms with van der Waals surface area (Å²) in [5.74, 6) is -2.55. The standard InChI is InChI=1S/C25H19ClFNO4/c1-14-11-18(24(32-2)19(26)12-14)22(29)20-21(15-7-4-3-5-8-15)28(25(31)23(20)30)17-10-6-9-16(27)13-17/h3-13,21,29H,1-2H3/b22-20+. The molecule has 1 fully saturated rings. The highest BCUT2D eigenvalue weighted by atomic mass is 35.5. The second-order valence-electron chi connectivity index (χ2n) is 7.39. The molecule has 7 heteroatoms. The van der Waals surface area contributed by atoms with Crippen molar-refractivity contribution in [3.63, 3.8) is 0 Å². The summed E-state index contributed by atoms with van der Waals surface area (Å²) in [6.45, 7) is 1.78. The minimum atomic E-state index is -0.970. The Kier molecular flexibility index (Phi) is 5.72. The Morgan fingerprint density at radius 3 is 2.44 bits per heavy atom. The van der Waals surface area contributed by atoms with Crippen LogP contribution in [-0.4, -0.2) is 23.9 Å². The largest absolute Gasteiger partial charge is 0.507 e. The molecule has 4 rings (SSSR count). The molecule has 1 atom stereocenters. The lowest BCUT2D eigenvalue weighted by Gasteiger charge is -2.25. The number of ether oxygens (including phenoxy) is 1. The lowest BCUT2D eigenvalue weighted by atomic mass is 9.94. The Bertz CT molecular complexity index is 1260. The highest BCUT2D eigenvalue weighted by Crippen LogP contribution is 2.44. The van der Waals surface area contributed by atoms with Crippen LogP contribution in [0.1, 0.15) is 22.7 Å². The summed E-state index contributed by atoms with van der Waals surface area (Å²) in [7, 11) is 1.40. The van der Waals surface area contributed by atoms with Crippen LogP contribution >= 0.6 is 11.6 Å². The lowest BCUT2D eigenvalue weighted by molar-refractivity contribution is -0.132. The highest BCUT2D eigenvalue weighted by Gasteiger charge is 2.47. The van der Waals surface area contributed by atoms with Crippen molar-refractivity contribution in [2.24, 2.45) is 0 Å². The summed E-state index contributed by atoms with van der Waals surface area (Å²) >= 11 is 6.28. The monoisotopic (exact) mass is 451 g/mol. The number of nitrogens with zero attached hydrogens (tertiary/aromatic N) is 1. The number of hydrogen-bond donors (Lipinski definition) is 1. The molecule has 1 amide bonds. The topological polar surface area (TPSA) is 66.8 Å². The van der Waals surface area contributed by atoms with Crippen molar-refractivity contribution in [2.75, 3.05) is 12.0 Å². The molecule has 0 saturated carbocycles. The third-order valence-electron chi connectivity index (χ3n) is 5.29. The number of hydrogen-bond acceptors (Lipinski definition) is 4. The van der Waals surface area contributed by atoms with E-state index in [1.165, 1.54) is 36.3 Å². The van der Waals surface area contributed by atoms with Gasteiger partial charge in [-0.15, -0.1) is 0 Å². The Morgan fingerprint density at radius 2 is 1.78 bits per heavy atom. The molecule has 3 aromatic carbocycles. The fraction of sp³-hybridized carbons (Fsp3) is 0.120. The predicted octanol–water partition coefficient (Wildman–Crippen LogP) is 5.42. The average molecular weight is 452 g/mol. The average Bonchev–Trinajstić information content (AvgIpc) is 3.04. The minimum absolute atomic E-state index is 0.134. The van der Waals surface area contributed by atoms with Crippen LogP contribution in [0.15, 0.2) is 72.3 Å². The normalized spacial score (nSPS) is 17.6. The van der Waals surface area contributed by atoms with Crippen molar-refractivity contribution >= 4 is 34.7 Å². The first-order chi connectivity index (χ1) is 15.3. The van der Waals surface area contributed by atoms with Crippen LogP contribution in [0.5, 0.6) is 5.75 Å². The number of carbonyl (C=O) groups is 2. The van der Waals surface area contributed by atoms with Crippen molar-refractivity contribution in [1.29, 1.82) is 0 Å². The number of rotatable bonds is 4. The van der Waals surface area contributed by atoms with Gasteiger partial charge in [-0.2, -0.15) is 0 Å².